The summed E-state index contributed by atoms with van der Waals surface area (Å²) in [7, 11) is 1.63. The van der Waals surface area contributed by atoms with Crippen LogP contribution in [0.2, 0.25) is 0 Å². The SMILES string of the molecule is COc1ccc(N=Nc2ccc(/N=N/c3ccccc3)c(C)c2)cc1. The van der Waals surface area contributed by atoms with E-state index in [0.717, 1.165) is 34.1 Å². The molecule has 0 N–H and O–H groups in total. The van der Waals surface area contributed by atoms with E-state index < -0.39 is 0 Å². The highest BCUT2D eigenvalue weighted by molar-refractivity contribution is 5.54. The molecule has 0 amide bonds. The molecule has 0 bridgehead atoms. The Hall–Kier alpha value is -3.34. The molecule has 0 spiro atoms. The van der Waals surface area contributed by atoms with Crippen molar-refractivity contribution in [1.29, 1.82) is 0 Å². The highest BCUT2D eigenvalue weighted by Crippen LogP contribution is 2.27. The van der Waals surface area contributed by atoms with Gasteiger partial charge in [0.1, 0.15) is 5.75 Å². The summed E-state index contributed by atoms with van der Waals surface area (Å²) in [5, 5.41) is 17.0. The third-order valence-electron chi connectivity index (χ3n) is 3.56. The van der Waals surface area contributed by atoms with Crippen molar-refractivity contribution >= 4 is 22.7 Å². The van der Waals surface area contributed by atoms with Crippen molar-refractivity contribution in [2.45, 2.75) is 6.92 Å². The first kappa shape index (κ1) is 16.5. The van der Waals surface area contributed by atoms with E-state index in [2.05, 4.69) is 20.5 Å². The van der Waals surface area contributed by atoms with E-state index in [4.69, 9.17) is 4.74 Å². The standard InChI is InChI=1S/C20H18N4O/c1-15-14-18(23-21-17-8-11-19(25-2)12-9-17)10-13-20(15)24-22-16-6-4-3-5-7-16/h3-14H,1-2H3/b23-21?,24-22+. The molecule has 5 heteroatoms. The topological polar surface area (TPSA) is 58.7 Å². The molecule has 124 valence electrons. The van der Waals surface area contributed by atoms with Crippen molar-refractivity contribution in [3.05, 3.63) is 78.4 Å². The first-order chi connectivity index (χ1) is 12.2. The molecule has 5 nitrogen and oxygen atoms in total. The van der Waals surface area contributed by atoms with Crippen molar-refractivity contribution in [3.8, 4) is 5.75 Å². The summed E-state index contributed by atoms with van der Waals surface area (Å²) in [6.07, 6.45) is 0. The Morgan fingerprint density at radius 2 is 1.24 bits per heavy atom. The molecule has 0 radical (unpaired) electrons. The van der Waals surface area contributed by atoms with E-state index in [-0.39, 0.29) is 0 Å². The average Bonchev–Trinajstić information content (AvgIpc) is 2.67. The first-order valence-electron chi connectivity index (χ1n) is 7.88. The van der Waals surface area contributed by atoms with Crippen LogP contribution in [0.15, 0.2) is 93.3 Å². The third kappa shape index (κ3) is 4.57. The van der Waals surface area contributed by atoms with Crippen molar-refractivity contribution < 1.29 is 4.74 Å². The van der Waals surface area contributed by atoms with Crippen molar-refractivity contribution in [2.75, 3.05) is 7.11 Å². The fraction of sp³-hybridized carbons (Fsp3) is 0.100. The van der Waals surface area contributed by atoms with Gasteiger partial charge in [0.05, 0.1) is 29.9 Å². The summed E-state index contributed by atoms with van der Waals surface area (Å²) in [5.74, 6) is 0.794. The number of aryl methyl sites for hydroxylation is 1. The zero-order valence-electron chi connectivity index (χ0n) is 14.1. The number of azo groups is 2. The Labute approximate surface area is 146 Å². The average molecular weight is 330 g/mol. The molecule has 25 heavy (non-hydrogen) atoms. The summed E-state index contributed by atoms with van der Waals surface area (Å²) in [4.78, 5) is 0. The van der Waals surface area contributed by atoms with Crippen LogP contribution in [-0.4, -0.2) is 7.11 Å². The van der Waals surface area contributed by atoms with Crippen LogP contribution in [0.3, 0.4) is 0 Å². The predicted molar refractivity (Wildman–Crippen MR) is 99.0 cm³/mol. The molecule has 3 rings (SSSR count). The first-order valence-corrected chi connectivity index (χ1v) is 7.88. The minimum atomic E-state index is 0.770. The molecule has 0 heterocycles. The van der Waals surface area contributed by atoms with Gasteiger partial charge in [-0.3, -0.25) is 0 Å². The molecule has 0 fully saturated rings. The number of hydrogen-bond donors (Lipinski definition) is 0. The summed E-state index contributed by atoms with van der Waals surface area (Å²) in [6, 6.07) is 22.8. The van der Waals surface area contributed by atoms with Crippen LogP contribution in [0.5, 0.6) is 5.75 Å². The molecule has 0 unspecified atom stereocenters. The zero-order valence-corrected chi connectivity index (χ0v) is 14.1. The van der Waals surface area contributed by atoms with Gasteiger partial charge in [-0.2, -0.15) is 20.5 Å². The Morgan fingerprint density at radius 1 is 0.640 bits per heavy atom. The van der Waals surface area contributed by atoms with Gasteiger partial charge >= 0.3 is 0 Å². The van der Waals surface area contributed by atoms with Crippen LogP contribution in [-0.2, 0) is 0 Å². The quantitative estimate of drug-likeness (QED) is 0.473. The lowest BCUT2D eigenvalue weighted by Gasteiger charge is -2.01. The van der Waals surface area contributed by atoms with Crippen molar-refractivity contribution in [3.63, 3.8) is 0 Å². The molecule has 0 saturated heterocycles. The van der Waals surface area contributed by atoms with Gasteiger partial charge in [0.25, 0.3) is 0 Å². The second-order valence-electron chi connectivity index (χ2n) is 5.40. The molecule has 3 aromatic rings. The van der Waals surface area contributed by atoms with Gasteiger partial charge in [-0.05, 0) is 67.1 Å². The van der Waals surface area contributed by atoms with Gasteiger partial charge in [-0.15, -0.1) is 0 Å². The molecule has 0 saturated carbocycles. The van der Waals surface area contributed by atoms with Gasteiger partial charge in [-0.25, -0.2) is 0 Å². The number of hydrogen-bond acceptors (Lipinski definition) is 5. The number of nitrogens with zero attached hydrogens (tertiary/aromatic N) is 4. The lowest BCUT2D eigenvalue weighted by molar-refractivity contribution is 0.415. The molecule has 3 aromatic carbocycles. The monoisotopic (exact) mass is 330 g/mol. The second-order valence-corrected chi connectivity index (χ2v) is 5.40. The van der Waals surface area contributed by atoms with Gasteiger partial charge in [0.15, 0.2) is 0 Å². The minimum Gasteiger partial charge on any atom is -0.497 e. The van der Waals surface area contributed by atoms with E-state index in [9.17, 15) is 0 Å². The highest BCUT2D eigenvalue weighted by atomic mass is 16.5. The summed E-state index contributed by atoms with van der Waals surface area (Å²) in [6.45, 7) is 1.98. The number of benzene rings is 3. The van der Waals surface area contributed by atoms with Crippen LogP contribution in [0, 0.1) is 6.92 Å². The van der Waals surface area contributed by atoms with Gasteiger partial charge in [0.2, 0.25) is 0 Å². The lowest BCUT2D eigenvalue weighted by atomic mass is 10.2. The Morgan fingerprint density at radius 3 is 1.92 bits per heavy atom. The Kier molecular flexibility index (Phi) is 5.26. The van der Waals surface area contributed by atoms with Crippen LogP contribution < -0.4 is 4.74 Å². The van der Waals surface area contributed by atoms with Crippen molar-refractivity contribution in [1.82, 2.24) is 0 Å². The zero-order chi connectivity index (χ0) is 17.5. The van der Waals surface area contributed by atoms with Crippen LogP contribution in [0.1, 0.15) is 5.56 Å². The van der Waals surface area contributed by atoms with E-state index >= 15 is 0 Å². The predicted octanol–water partition coefficient (Wildman–Crippen LogP) is 6.83. The lowest BCUT2D eigenvalue weighted by Crippen LogP contribution is -1.79. The van der Waals surface area contributed by atoms with E-state index in [1.165, 1.54) is 0 Å². The van der Waals surface area contributed by atoms with Gasteiger partial charge in [-0.1, -0.05) is 18.2 Å². The van der Waals surface area contributed by atoms with E-state index in [1.807, 2.05) is 79.7 Å². The Balaban J connectivity index is 1.72. The van der Waals surface area contributed by atoms with Crippen LogP contribution >= 0.6 is 0 Å². The summed E-state index contributed by atoms with van der Waals surface area (Å²) >= 11 is 0. The molecule has 0 aliphatic rings. The normalized spacial score (nSPS) is 11.3. The molecule has 0 aliphatic carbocycles. The fourth-order valence-corrected chi connectivity index (χ4v) is 2.18. The largest absolute Gasteiger partial charge is 0.497 e. The van der Waals surface area contributed by atoms with Gasteiger partial charge < -0.3 is 4.74 Å². The molecule has 0 atom stereocenters. The molecular formula is C20H18N4O. The maximum absolute atomic E-state index is 5.12. The molecule has 0 aliphatic heterocycles. The summed E-state index contributed by atoms with van der Waals surface area (Å²) < 4.78 is 5.12. The number of rotatable bonds is 5. The van der Waals surface area contributed by atoms with Crippen molar-refractivity contribution in [2.24, 2.45) is 20.5 Å². The van der Waals surface area contributed by atoms with Gasteiger partial charge in [0, 0.05) is 0 Å². The fourth-order valence-electron chi connectivity index (χ4n) is 2.18. The third-order valence-corrected chi connectivity index (χ3v) is 3.56. The second kappa shape index (κ2) is 7.97. The van der Waals surface area contributed by atoms with E-state index in [1.54, 1.807) is 7.11 Å². The number of methoxy groups -OCH3 is 1. The minimum absolute atomic E-state index is 0.770. The Bertz CT molecular complexity index is 887. The molecule has 0 aromatic heterocycles. The van der Waals surface area contributed by atoms with Crippen LogP contribution in [0.4, 0.5) is 22.7 Å². The van der Waals surface area contributed by atoms with Crippen LogP contribution in [0.25, 0.3) is 0 Å². The smallest absolute Gasteiger partial charge is 0.119 e. The maximum atomic E-state index is 5.12. The maximum Gasteiger partial charge on any atom is 0.119 e. The summed E-state index contributed by atoms with van der Waals surface area (Å²) in [5.41, 5.74) is 4.17. The van der Waals surface area contributed by atoms with E-state index in [0.29, 0.717) is 0 Å². The molecular weight excluding hydrogens is 312 g/mol. The highest BCUT2D eigenvalue weighted by Gasteiger charge is 1.99. The number of ether oxygens (including phenoxy) is 1.